The van der Waals surface area contributed by atoms with Crippen LogP contribution in [0.25, 0.3) is 54.8 Å². The van der Waals surface area contributed by atoms with Crippen LogP contribution in [0.1, 0.15) is 25.2 Å². The predicted molar refractivity (Wildman–Crippen MR) is 244 cm³/mol. The lowest BCUT2D eigenvalue weighted by molar-refractivity contribution is 0.465. The second-order valence-corrected chi connectivity index (χ2v) is 15.8. The maximum atomic E-state index is 6.51. The van der Waals surface area contributed by atoms with Gasteiger partial charge in [0.2, 0.25) is 0 Å². The third kappa shape index (κ3) is 5.58. The Morgan fingerprint density at radius 3 is 1.43 bits per heavy atom. The van der Waals surface area contributed by atoms with Crippen molar-refractivity contribution >= 4 is 66.6 Å². The molecule has 1 aliphatic rings. The lowest BCUT2D eigenvalue weighted by Gasteiger charge is -2.28. The van der Waals surface area contributed by atoms with Gasteiger partial charge in [-0.3, -0.25) is 0 Å². The quantitative estimate of drug-likeness (QED) is 0.162. The predicted octanol–water partition coefficient (Wildman–Crippen LogP) is 15.7. The molecule has 1 aromatic heterocycles. The summed E-state index contributed by atoms with van der Waals surface area (Å²) >= 11 is 0. The second-order valence-electron chi connectivity index (χ2n) is 15.8. The topological polar surface area (TPSA) is 19.6 Å². The monoisotopic (exact) mass is 744 g/mol. The molecule has 0 aliphatic heterocycles. The highest BCUT2D eigenvalue weighted by Gasteiger charge is 2.41. The van der Waals surface area contributed by atoms with Crippen LogP contribution in [0.5, 0.6) is 0 Å². The molecule has 10 aromatic rings. The average Bonchev–Trinajstić information content (AvgIpc) is 3.77. The Morgan fingerprint density at radius 2 is 0.828 bits per heavy atom. The van der Waals surface area contributed by atoms with E-state index in [1.807, 2.05) is 6.07 Å². The largest absolute Gasteiger partial charge is 0.459 e. The van der Waals surface area contributed by atoms with Crippen molar-refractivity contribution in [2.45, 2.75) is 19.3 Å². The molecule has 0 unspecified atom stereocenters. The minimum atomic E-state index is -0.268. The van der Waals surface area contributed by atoms with Gasteiger partial charge in [-0.2, -0.15) is 0 Å². The number of hydrogen-bond donors (Lipinski definition) is 0. The molecule has 0 radical (unpaired) electrons. The molecule has 1 heterocycles. The van der Waals surface area contributed by atoms with Crippen molar-refractivity contribution in [1.82, 2.24) is 0 Å². The first-order valence-corrected chi connectivity index (χ1v) is 20.0. The molecule has 0 atom stereocenters. The van der Waals surface area contributed by atoms with Gasteiger partial charge >= 0.3 is 0 Å². The smallest absolute Gasteiger partial charge is 0.134 e. The summed E-state index contributed by atoms with van der Waals surface area (Å²) in [6.07, 6.45) is 0. The SMILES string of the molecule is CC1(C)c2cc(N(c3ccccc3)c3ccc(-c4ccc(N(c5ccc6ccccc6c5)c5ccc6ccccc6c5)cc4)cc3)ccc2-c2c1oc1ccccc21. The summed E-state index contributed by atoms with van der Waals surface area (Å²) in [5.74, 6) is 1.04. The molecule has 0 N–H and O–H groups in total. The third-order valence-electron chi connectivity index (χ3n) is 11.9. The first-order chi connectivity index (χ1) is 28.5. The van der Waals surface area contributed by atoms with Crippen LogP contribution in [-0.2, 0) is 5.41 Å². The van der Waals surface area contributed by atoms with Crippen molar-refractivity contribution < 1.29 is 4.42 Å². The number of furan rings is 1. The summed E-state index contributed by atoms with van der Waals surface area (Å²) in [5, 5.41) is 6.08. The van der Waals surface area contributed by atoms with E-state index < -0.39 is 0 Å². The Balaban J connectivity index is 0.944. The van der Waals surface area contributed by atoms with E-state index in [-0.39, 0.29) is 5.41 Å². The van der Waals surface area contributed by atoms with Gasteiger partial charge in [-0.25, -0.2) is 0 Å². The Morgan fingerprint density at radius 1 is 0.379 bits per heavy atom. The van der Waals surface area contributed by atoms with Crippen molar-refractivity contribution in [3.8, 4) is 22.3 Å². The maximum Gasteiger partial charge on any atom is 0.134 e. The van der Waals surface area contributed by atoms with Gasteiger partial charge in [0.05, 0.1) is 0 Å². The van der Waals surface area contributed by atoms with Gasteiger partial charge in [0, 0.05) is 50.5 Å². The van der Waals surface area contributed by atoms with Crippen LogP contribution < -0.4 is 9.80 Å². The maximum absolute atomic E-state index is 6.51. The molecule has 0 amide bonds. The van der Waals surface area contributed by atoms with E-state index in [0.29, 0.717) is 0 Å². The molecule has 0 fully saturated rings. The number of benzene rings is 9. The normalized spacial score (nSPS) is 12.8. The summed E-state index contributed by atoms with van der Waals surface area (Å²) in [6, 6.07) is 74.4. The molecule has 0 saturated heterocycles. The minimum absolute atomic E-state index is 0.268. The molecule has 0 spiro atoms. The minimum Gasteiger partial charge on any atom is -0.459 e. The molecule has 3 heteroatoms. The number of anilines is 6. The highest BCUT2D eigenvalue weighted by atomic mass is 16.3. The molecule has 58 heavy (non-hydrogen) atoms. The molecule has 3 nitrogen and oxygen atoms in total. The van der Waals surface area contributed by atoms with Gasteiger partial charge < -0.3 is 14.2 Å². The van der Waals surface area contributed by atoms with Crippen molar-refractivity contribution in [2.75, 3.05) is 9.80 Å². The number of nitrogens with zero attached hydrogens (tertiary/aromatic N) is 2. The van der Waals surface area contributed by atoms with Gasteiger partial charge in [0.25, 0.3) is 0 Å². The highest BCUT2D eigenvalue weighted by Crippen LogP contribution is 2.54. The number of rotatable bonds is 7. The fourth-order valence-corrected chi connectivity index (χ4v) is 8.99. The zero-order valence-electron chi connectivity index (χ0n) is 32.4. The van der Waals surface area contributed by atoms with Crippen LogP contribution in [0.2, 0.25) is 0 Å². The van der Waals surface area contributed by atoms with Crippen LogP contribution in [0.15, 0.2) is 211 Å². The van der Waals surface area contributed by atoms with Crippen LogP contribution >= 0.6 is 0 Å². The standard InChI is InChI=1S/C55H40N2O/c1-55(2)51-36-48(32-33-49(51)53-50-18-10-11-19-52(50)58-54(53)55)56(43-16-4-3-5-17-43)44-26-20-39(21-27-44)40-22-28-45(29-23-40)57(46-30-24-37-12-6-8-14-41(37)34-46)47-31-25-38-13-7-9-15-42(38)35-47/h3-36H,1-2H3. The first-order valence-electron chi connectivity index (χ1n) is 20.0. The van der Waals surface area contributed by atoms with E-state index >= 15 is 0 Å². The van der Waals surface area contributed by atoms with Gasteiger partial charge in [-0.05, 0) is 137 Å². The van der Waals surface area contributed by atoms with Crippen LogP contribution in [0.4, 0.5) is 34.1 Å². The first kappa shape index (κ1) is 33.9. The Labute approximate surface area is 338 Å². The molecular formula is C55H40N2O. The van der Waals surface area contributed by atoms with Gasteiger partial charge in [-0.15, -0.1) is 0 Å². The van der Waals surface area contributed by atoms with Gasteiger partial charge in [0.1, 0.15) is 11.3 Å². The van der Waals surface area contributed by atoms with E-state index in [1.165, 1.54) is 49.2 Å². The van der Waals surface area contributed by atoms with E-state index in [0.717, 1.165) is 51.0 Å². The van der Waals surface area contributed by atoms with Crippen molar-refractivity contribution in [2.24, 2.45) is 0 Å². The fraction of sp³-hybridized carbons (Fsp3) is 0.0545. The summed E-state index contributed by atoms with van der Waals surface area (Å²) in [4.78, 5) is 4.71. The molecule has 0 bridgehead atoms. The van der Waals surface area contributed by atoms with Crippen molar-refractivity contribution in [3.63, 3.8) is 0 Å². The van der Waals surface area contributed by atoms with Crippen molar-refractivity contribution in [3.05, 3.63) is 218 Å². The second kappa shape index (κ2) is 13.4. The number of fused-ring (bicyclic) bond motifs is 7. The molecule has 9 aromatic carbocycles. The Kier molecular flexibility index (Phi) is 7.84. The molecule has 0 saturated carbocycles. The fourth-order valence-electron chi connectivity index (χ4n) is 8.99. The summed E-state index contributed by atoms with van der Waals surface area (Å²) in [5.41, 5.74) is 13.4. The lowest BCUT2D eigenvalue weighted by Crippen LogP contribution is -2.16. The van der Waals surface area contributed by atoms with Crippen molar-refractivity contribution in [1.29, 1.82) is 0 Å². The van der Waals surface area contributed by atoms with E-state index in [9.17, 15) is 0 Å². The van der Waals surface area contributed by atoms with E-state index in [2.05, 4.69) is 224 Å². The molecule has 11 rings (SSSR count). The molecular weight excluding hydrogens is 705 g/mol. The van der Waals surface area contributed by atoms with Crippen LogP contribution in [0.3, 0.4) is 0 Å². The third-order valence-corrected chi connectivity index (χ3v) is 11.9. The summed E-state index contributed by atoms with van der Waals surface area (Å²) < 4.78 is 6.51. The van der Waals surface area contributed by atoms with E-state index in [1.54, 1.807) is 0 Å². The summed E-state index contributed by atoms with van der Waals surface area (Å²) in [6.45, 7) is 4.55. The molecule has 276 valence electrons. The Hall–Kier alpha value is -7.36. The lowest BCUT2D eigenvalue weighted by atomic mass is 9.85. The van der Waals surface area contributed by atoms with Gasteiger partial charge in [-0.1, -0.05) is 127 Å². The van der Waals surface area contributed by atoms with Gasteiger partial charge in [0.15, 0.2) is 0 Å². The molecule has 1 aliphatic carbocycles. The van der Waals surface area contributed by atoms with Crippen LogP contribution in [-0.4, -0.2) is 0 Å². The highest BCUT2D eigenvalue weighted by molar-refractivity contribution is 6.01. The zero-order valence-corrected chi connectivity index (χ0v) is 32.4. The summed E-state index contributed by atoms with van der Waals surface area (Å²) in [7, 11) is 0. The van der Waals surface area contributed by atoms with E-state index in [4.69, 9.17) is 4.42 Å². The van der Waals surface area contributed by atoms with Crippen LogP contribution in [0, 0.1) is 0 Å². The Bertz CT molecular complexity index is 3060. The number of para-hydroxylation sites is 2. The number of hydrogen-bond acceptors (Lipinski definition) is 3. The zero-order chi connectivity index (χ0) is 38.8. The average molecular weight is 745 g/mol.